The maximum atomic E-state index is 5.09. The maximum absolute atomic E-state index is 5.09. The Labute approximate surface area is 253 Å². The Morgan fingerprint density at radius 3 is 1.58 bits per heavy atom. The molecule has 0 saturated carbocycles. The highest BCUT2D eigenvalue weighted by molar-refractivity contribution is 7.26. The van der Waals surface area contributed by atoms with E-state index >= 15 is 0 Å². The van der Waals surface area contributed by atoms with Gasteiger partial charge in [0.25, 0.3) is 0 Å². The minimum Gasteiger partial charge on any atom is -0.265 e. The van der Waals surface area contributed by atoms with Crippen LogP contribution in [0, 0.1) is 0 Å². The van der Waals surface area contributed by atoms with Gasteiger partial charge >= 0.3 is 0 Å². The summed E-state index contributed by atoms with van der Waals surface area (Å²) in [5.74, 6) is 1.98. The lowest BCUT2D eigenvalue weighted by Crippen LogP contribution is -2.00. The number of rotatable bonds is 5. The average Bonchev–Trinajstić information content (AvgIpc) is 3.48. The summed E-state index contributed by atoms with van der Waals surface area (Å²) >= 11 is 1.78. The fourth-order valence-corrected chi connectivity index (χ4v) is 6.68. The molecule has 0 aliphatic carbocycles. The molecule has 8 rings (SSSR count). The van der Waals surface area contributed by atoms with Crippen LogP contribution in [0.25, 0.3) is 76.6 Å². The largest absolute Gasteiger partial charge is 0.265 e. The summed E-state index contributed by atoms with van der Waals surface area (Å²) in [7, 11) is 0. The van der Waals surface area contributed by atoms with Gasteiger partial charge in [0, 0.05) is 49.3 Å². The van der Waals surface area contributed by atoms with Gasteiger partial charge in [0.1, 0.15) is 0 Å². The number of hydrogen-bond donors (Lipinski definition) is 0. The van der Waals surface area contributed by atoms with Crippen LogP contribution in [-0.2, 0) is 0 Å². The number of pyridine rings is 1. The second-order valence-corrected chi connectivity index (χ2v) is 11.4. The lowest BCUT2D eigenvalue weighted by atomic mass is 9.97. The van der Waals surface area contributed by atoms with E-state index in [0.717, 1.165) is 38.9 Å². The summed E-state index contributed by atoms with van der Waals surface area (Å²) in [5.41, 5.74) is 7.48. The lowest BCUT2D eigenvalue weighted by molar-refractivity contribution is 1.08. The van der Waals surface area contributed by atoms with Crippen molar-refractivity contribution in [3.8, 4) is 56.4 Å². The van der Waals surface area contributed by atoms with Crippen LogP contribution in [0.4, 0.5) is 0 Å². The Hall–Kier alpha value is -5.52. The van der Waals surface area contributed by atoms with Crippen LogP contribution < -0.4 is 0 Å². The number of nitrogens with zero attached hydrogens (tertiary/aromatic N) is 4. The van der Waals surface area contributed by atoms with Crippen LogP contribution in [-0.4, -0.2) is 19.9 Å². The molecule has 8 aromatic rings. The van der Waals surface area contributed by atoms with Crippen LogP contribution in [0.1, 0.15) is 0 Å². The second-order valence-electron chi connectivity index (χ2n) is 10.4. The molecule has 0 atom stereocenters. The molecule has 0 unspecified atom stereocenters. The molecule has 0 saturated heterocycles. The van der Waals surface area contributed by atoms with E-state index in [4.69, 9.17) is 15.0 Å². The molecule has 0 N–H and O–H groups in total. The van der Waals surface area contributed by atoms with Gasteiger partial charge in [0.05, 0.1) is 0 Å². The molecule has 4 nitrogen and oxygen atoms in total. The molecule has 0 aliphatic rings. The number of benzene rings is 5. The Bertz CT molecular complexity index is 2150. The van der Waals surface area contributed by atoms with Crippen LogP contribution in [0.15, 0.2) is 146 Å². The summed E-state index contributed by atoms with van der Waals surface area (Å²) in [6.07, 6.45) is 3.65. The van der Waals surface area contributed by atoms with Gasteiger partial charge in [-0.1, -0.05) is 103 Å². The summed E-state index contributed by atoms with van der Waals surface area (Å²) in [6, 6.07) is 46.2. The third-order valence-electron chi connectivity index (χ3n) is 7.65. The van der Waals surface area contributed by atoms with Gasteiger partial charge in [-0.05, 0) is 52.6 Å². The molecule has 43 heavy (non-hydrogen) atoms. The van der Waals surface area contributed by atoms with Crippen molar-refractivity contribution < 1.29 is 0 Å². The zero-order valence-electron chi connectivity index (χ0n) is 23.1. The predicted octanol–water partition coefficient (Wildman–Crippen LogP) is 9.97. The Balaban J connectivity index is 1.36. The van der Waals surface area contributed by atoms with Crippen molar-refractivity contribution in [2.45, 2.75) is 0 Å². The third kappa shape index (κ3) is 4.76. The molecule has 202 valence electrons. The molecule has 3 aromatic heterocycles. The van der Waals surface area contributed by atoms with Gasteiger partial charge in [-0.15, -0.1) is 11.3 Å². The zero-order chi connectivity index (χ0) is 28.6. The molecule has 3 heterocycles. The number of fused-ring (bicyclic) bond motifs is 3. The molecular weight excluding hydrogens is 545 g/mol. The first-order chi connectivity index (χ1) is 21.3. The molecule has 0 aliphatic heterocycles. The van der Waals surface area contributed by atoms with Crippen LogP contribution >= 0.6 is 11.3 Å². The first kappa shape index (κ1) is 25.2. The first-order valence-electron chi connectivity index (χ1n) is 14.1. The van der Waals surface area contributed by atoms with E-state index in [1.165, 1.54) is 20.2 Å². The van der Waals surface area contributed by atoms with E-state index in [1.807, 2.05) is 85.2 Å². The molecule has 0 radical (unpaired) electrons. The number of hydrogen-bond acceptors (Lipinski definition) is 5. The first-order valence-corrected chi connectivity index (χ1v) is 15.0. The number of thiophene rings is 1. The fourth-order valence-electron chi connectivity index (χ4n) is 5.49. The van der Waals surface area contributed by atoms with Gasteiger partial charge < -0.3 is 0 Å². The summed E-state index contributed by atoms with van der Waals surface area (Å²) in [6.45, 7) is 0. The Morgan fingerprint density at radius 2 is 0.930 bits per heavy atom. The van der Waals surface area contributed by atoms with Gasteiger partial charge in [0.15, 0.2) is 17.5 Å². The normalized spacial score (nSPS) is 11.3. The predicted molar refractivity (Wildman–Crippen MR) is 178 cm³/mol. The van der Waals surface area contributed by atoms with Crippen LogP contribution in [0.5, 0.6) is 0 Å². The van der Waals surface area contributed by atoms with Crippen molar-refractivity contribution in [1.29, 1.82) is 0 Å². The fraction of sp³-hybridized carbons (Fsp3) is 0. The van der Waals surface area contributed by atoms with E-state index in [-0.39, 0.29) is 0 Å². The van der Waals surface area contributed by atoms with Crippen molar-refractivity contribution in [2.75, 3.05) is 0 Å². The third-order valence-corrected chi connectivity index (χ3v) is 8.87. The smallest absolute Gasteiger partial charge is 0.165 e. The SMILES string of the molecule is c1ccc(-c2nc(-c3ccccc3)nc(-c3cc(-c4ccc(-c5ccncc5)cc4)cc4c3sc3ccccc34)n2)cc1. The minimum absolute atomic E-state index is 0.658. The molecule has 0 fully saturated rings. The molecule has 0 spiro atoms. The van der Waals surface area contributed by atoms with Crippen molar-refractivity contribution >= 4 is 31.5 Å². The molecular formula is C38H24N4S. The molecule has 0 amide bonds. The van der Waals surface area contributed by atoms with Crippen molar-refractivity contribution in [3.05, 3.63) is 146 Å². The van der Waals surface area contributed by atoms with Crippen LogP contribution in [0.2, 0.25) is 0 Å². The highest BCUT2D eigenvalue weighted by atomic mass is 32.1. The van der Waals surface area contributed by atoms with E-state index in [1.54, 1.807) is 11.3 Å². The molecule has 0 bridgehead atoms. The van der Waals surface area contributed by atoms with Crippen molar-refractivity contribution in [3.63, 3.8) is 0 Å². The van der Waals surface area contributed by atoms with E-state index in [0.29, 0.717) is 17.5 Å². The van der Waals surface area contributed by atoms with E-state index in [2.05, 4.69) is 65.6 Å². The van der Waals surface area contributed by atoms with Crippen LogP contribution in [0.3, 0.4) is 0 Å². The van der Waals surface area contributed by atoms with Crippen molar-refractivity contribution in [1.82, 2.24) is 19.9 Å². The average molecular weight is 569 g/mol. The minimum atomic E-state index is 0.658. The maximum Gasteiger partial charge on any atom is 0.165 e. The molecule has 5 aromatic carbocycles. The van der Waals surface area contributed by atoms with Gasteiger partial charge in [-0.3, -0.25) is 4.98 Å². The highest BCUT2D eigenvalue weighted by Crippen LogP contribution is 2.42. The van der Waals surface area contributed by atoms with Gasteiger partial charge in [-0.25, -0.2) is 15.0 Å². The monoisotopic (exact) mass is 568 g/mol. The lowest BCUT2D eigenvalue weighted by Gasteiger charge is -2.11. The zero-order valence-corrected chi connectivity index (χ0v) is 23.9. The standard InChI is InChI=1S/C38H24N4S/c1-3-9-28(10-4-1)36-40-37(29-11-5-2-6-12-29)42-38(41-36)33-24-30(23-32-31-13-7-8-14-34(31)43-35(32)33)26-17-15-25(16-18-26)27-19-21-39-22-20-27/h1-24H. The van der Waals surface area contributed by atoms with E-state index < -0.39 is 0 Å². The summed E-state index contributed by atoms with van der Waals surface area (Å²) in [5, 5.41) is 2.44. The summed E-state index contributed by atoms with van der Waals surface area (Å²) in [4.78, 5) is 19.3. The quantitative estimate of drug-likeness (QED) is 0.207. The van der Waals surface area contributed by atoms with Crippen molar-refractivity contribution in [2.24, 2.45) is 0 Å². The van der Waals surface area contributed by atoms with Gasteiger partial charge in [-0.2, -0.15) is 0 Å². The Morgan fingerprint density at radius 1 is 0.395 bits per heavy atom. The van der Waals surface area contributed by atoms with Gasteiger partial charge in [0.2, 0.25) is 0 Å². The summed E-state index contributed by atoms with van der Waals surface area (Å²) < 4.78 is 2.41. The second kappa shape index (κ2) is 10.7. The molecule has 5 heteroatoms. The topological polar surface area (TPSA) is 51.6 Å². The highest BCUT2D eigenvalue weighted by Gasteiger charge is 2.18. The Kier molecular flexibility index (Phi) is 6.28. The van der Waals surface area contributed by atoms with E-state index in [9.17, 15) is 0 Å². The number of aromatic nitrogens is 4.